The first-order valence-electron chi connectivity index (χ1n) is 20.1. The number of nitrogens with two attached hydrogens (primary N) is 1. The van der Waals surface area contributed by atoms with Crippen molar-refractivity contribution in [2.24, 2.45) is 0 Å². The smallest absolute Gasteiger partial charge is 0.387 e. The Bertz CT molecular complexity index is 1710. The van der Waals surface area contributed by atoms with E-state index < -0.39 is 44.6 Å². The highest BCUT2D eigenvalue weighted by Crippen LogP contribution is 2.50. The minimum absolute atomic E-state index is 0.0488. The second kappa shape index (κ2) is 23.7. The first-order chi connectivity index (χ1) is 27.0. The third kappa shape index (κ3) is 14.0. The molecule has 1 fully saturated rings. The summed E-state index contributed by atoms with van der Waals surface area (Å²) < 4.78 is 42.9. The van der Waals surface area contributed by atoms with E-state index in [2.05, 4.69) is 17.0 Å². The lowest BCUT2D eigenvalue weighted by atomic mass is 9.94. The average Bonchev–Trinajstić information content (AvgIpc) is 3.72. The molecule has 2 aromatic heterocycles. The maximum Gasteiger partial charge on any atom is 0.474 e. The van der Waals surface area contributed by atoms with E-state index in [4.69, 9.17) is 40.6 Å². The summed E-state index contributed by atoms with van der Waals surface area (Å²) in [7, 11) is -4.89. The third-order valence-corrected chi connectivity index (χ3v) is 11.5. The number of nitrogens with zero attached hydrogens (tertiary/aromatic N) is 4. The Morgan fingerprint density at radius 2 is 1.61 bits per heavy atom. The molecule has 1 aromatic carbocycles. The SMILES string of the molecule is CCCCCCCCCCCCCCCCCCOC[C@H](COP(=O)(O)O[C@H]1O[C@@](C)(c2ccc3c(N)ncnn23)[C@H](O)[C@@H]1O)OCc1ccc(Cl)c(C#N)c1. The van der Waals surface area contributed by atoms with Crippen molar-refractivity contribution in [3.63, 3.8) is 0 Å². The minimum atomic E-state index is -4.89. The van der Waals surface area contributed by atoms with Gasteiger partial charge >= 0.3 is 7.82 Å². The number of ether oxygens (including phenoxy) is 3. The lowest BCUT2D eigenvalue weighted by Gasteiger charge is -2.27. The van der Waals surface area contributed by atoms with Gasteiger partial charge in [-0.05, 0) is 43.2 Å². The Hall–Kier alpha value is -2.67. The second-order valence-electron chi connectivity index (χ2n) is 14.8. The summed E-state index contributed by atoms with van der Waals surface area (Å²) in [5, 5.41) is 35.7. The van der Waals surface area contributed by atoms with E-state index in [0.29, 0.717) is 34.0 Å². The van der Waals surface area contributed by atoms with Gasteiger partial charge in [-0.3, -0.25) is 9.05 Å². The molecule has 1 saturated heterocycles. The van der Waals surface area contributed by atoms with Crippen molar-refractivity contribution < 1.29 is 42.9 Å². The molecular weight excluding hydrogens is 761 g/mol. The molecule has 6 atom stereocenters. The molecule has 0 spiro atoms. The van der Waals surface area contributed by atoms with Crippen molar-refractivity contribution in [3.05, 3.63) is 58.5 Å². The monoisotopic (exact) mass is 821 g/mol. The molecule has 4 rings (SSSR count). The van der Waals surface area contributed by atoms with Crippen LogP contribution >= 0.6 is 19.4 Å². The van der Waals surface area contributed by atoms with Crippen LogP contribution in [0.4, 0.5) is 5.82 Å². The number of aromatic nitrogens is 3. The molecule has 1 unspecified atom stereocenters. The molecule has 0 aliphatic carbocycles. The summed E-state index contributed by atoms with van der Waals surface area (Å²) in [4.78, 5) is 14.6. The van der Waals surface area contributed by atoms with Gasteiger partial charge in [-0.15, -0.1) is 0 Å². The number of unbranched alkanes of at least 4 members (excludes halogenated alkanes) is 15. The predicted octanol–water partition coefficient (Wildman–Crippen LogP) is 8.13. The Kier molecular flexibility index (Phi) is 19.4. The average molecular weight is 822 g/mol. The fourth-order valence-electron chi connectivity index (χ4n) is 6.89. The number of fused-ring (bicyclic) bond motifs is 1. The number of aliphatic hydroxyl groups excluding tert-OH is 2. The van der Waals surface area contributed by atoms with Crippen molar-refractivity contribution in [2.45, 2.75) is 153 Å². The molecule has 0 saturated carbocycles. The van der Waals surface area contributed by atoms with Gasteiger partial charge in [0.15, 0.2) is 12.1 Å². The van der Waals surface area contributed by atoms with E-state index in [0.717, 1.165) is 19.3 Å². The van der Waals surface area contributed by atoms with Crippen molar-refractivity contribution in [1.82, 2.24) is 14.6 Å². The van der Waals surface area contributed by atoms with Crippen LogP contribution in [0.1, 0.15) is 133 Å². The fraction of sp³-hybridized carbons (Fsp3) is 0.675. The summed E-state index contributed by atoms with van der Waals surface area (Å²) in [5.41, 5.74) is 6.05. The summed E-state index contributed by atoms with van der Waals surface area (Å²) >= 11 is 6.08. The summed E-state index contributed by atoms with van der Waals surface area (Å²) in [6, 6.07) is 10.2. The van der Waals surface area contributed by atoms with Gasteiger partial charge in [0.1, 0.15) is 41.8 Å². The number of benzene rings is 1. The van der Waals surface area contributed by atoms with Crippen LogP contribution in [0.2, 0.25) is 5.02 Å². The van der Waals surface area contributed by atoms with Crippen molar-refractivity contribution in [1.29, 1.82) is 5.26 Å². The maximum atomic E-state index is 13.2. The van der Waals surface area contributed by atoms with E-state index in [1.165, 1.54) is 101 Å². The van der Waals surface area contributed by atoms with Crippen LogP contribution in [0.3, 0.4) is 0 Å². The van der Waals surface area contributed by atoms with Crippen LogP contribution in [0, 0.1) is 11.3 Å². The molecular formula is C40H61ClN5O9P. The summed E-state index contributed by atoms with van der Waals surface area (Å²) in [5.74, 6) is 0.191. The predicted molar refractivity (Wildman–Crippen MR) is 214 cm³/mol. The van der Waals surface area contributed by atoms with E-state index in [9.17, 15) is 24.9 Å². The molecule has 14 nitrogen and oxygen atoms in total. The molecule has 3 heterocycles. The van der Waals surface area contributed by atoms with Gasteiger partial charge in [-0.2, -0.15) is 10.4 Å². The summed E-state index contributed by atoms with van der Waals surface area (Å²) in [6.07, 6.45) is 15.8. The van der Waals surface area contributed by atoms with Crippen molar-refractivity contribution in [3.8, 4) is 6.07 Å². The number of nitrogen functional groups attached to an aromatic ring is 1. The third-order valence-electron chi connectivity index (χ3n) is 10.3. The first-order valence-corrected chi connectivity index (χ1v) is 22.0. The molecule has 1 aliphatic rings. The van der Waals surface area contributed by atoms with Crippen LogP contribution in [0.5, 0.6) is 0 Å². The van der Waals surface area contributed by atoms with E-state index in [1.54, 1.807) is 30.3 Å². The zero-order chi connectivity index (χ0) is 40.4. The quantitative estimate of drug-likeness (QED) is 0.0404. The minimum Gasteiger partial charge on any atom is -0.387 e. The van der Waals surface area contributed by atoms with Gasteiger partial charge < -0.3 is 35.1 Å². The molecule has 0 amide bonds. The zero-order valence-corrected chi connectivity index (χ0v) is 34.5. The van der Waals surface area contributed by atoms with E-state index in [-0.39, 0.29) is 19.0 Å². The Labute approximate surface area is 336 Å². The van der Waals surface area contributed by atoms with Crippen LogP contribution in [0.15, 0.2) is 36.7 Å². The largest absolute Gasteiger partial charge is 0.474 e. The fourth-order valence-corrected chi connectivity index (χ4v) is 7.90. The highest BCUT2D eigenvalue weighted by atomic mass is 35.5. The van der Waals surface area contributed by atoms with Gasteiger partial charge in [0, 0.05) is 6.61 Å². The van der Waals surface area contributed by atoms with Crippen LogP contribution < -0.4 is 5.73 Å². The molecule has 312 valence electrons. The molecule has 0 bridgehead atoms. The number of anilines is 1. The zero-order valence-electron chi connectivity index (χ0n) is 32.9. The lowest BCUT2D eigenvalue weighted by molar-refractivity contribution is -0.157. The van der Waals surface area contributed by atoms with Gasteiger partial charge in [-0.25, -0.2) is 14.1 Å². The van der Waals surface area contributed by atoms with E-state index in [1.807, 2.05) is 6.07 Å². The lowest BCUT2D eigenvalue weighted by Crippen LogP contribution is -2.39. The first kappa shape index (κ1) is 46.0. The maximum absolute atomic E-state index is 13.2. The number of hydrogen-bond acceptors (Lipinski definition) is 12. The number of phosphoric ester groups is 1. The Morgan fingerprint density at radius 1 is 0.982 bits per heavy atom. The number of hydrogen-bond donors (Lipinski definition) is 4. The van der Waals surface area contributed by atoms with Gasteiger partial charge in [0.25, 0.3) is 0 Å². The normalized spacial score (nSPS) is 21.3. The van der Waals surface area contributed by atoms with Gasteiger partial charge in [0.2, 0.25) is 0 Å². The second-order valence-corrected chi connectivity index (χ2v) is 16.6. The molecule has 5 N–H and O–H groups in total. The number of nitriles is 1. The van der Waals surface area contributed by atoms with Gasteiger partial charge in [-0.1, -0.05) is 121 Å². The van der Waals surface area contributed by atoms with Gasteiger partial charge in [0.05, 0.1) is 36.1 Å². The van der Waals surface area contributed by atoms with Crippen molar-refractivity contribution >= 4 is 30.8 Å². The van der Waals surface area contributed by atoms with Crippen molar-refractivity contribution in [2.75, 3.05) is 25.6 Å². The molecule has 0 radical (unpaired) electrons. The number of rotatable bonds is 28. The standard InChI is InChI=1S/C40H61ClN5O9P/c1-3-4-5-6-7-8-9-10-11-12-13-14-15-16-17-18-23-51-27-32(52-26-30-19-20-33(41)31(24-30)25-42)28-53-56(49,50)55-39-36(47)37(48)40(2,54-39)35-22-21-34-38(43)44-29-45-46(34)35/h19-22,24,29,32,36-37,39,47-48H,3-18,23,26-28H2,1-2H3,(H,49,50)(H2,43,44,45)/t32-,36+,37-,39-,40+/m1/s1. The number of aliphatic hydroxyl groups is 2. The number of phosphoric acid groups is 1. The highest BCUT2D eigenvalue weighted by Gasteiger charge is 2.56. The highest BCUT2D eigenvalue weighted by molar-refractivity contribution is 7.47. The van der Waals surface area contributed by atoms with Crippen LogP contribution in [-0.4, -0.2) is 74.1 Å². The Balaban J connectivity index is 1.20. The van der Waals surface area contributed by atoms with E-state index >= 15 is 0 Å². The summed E-state index contributed by atoms with van der Waals surface area (Å²) in [6.45, 7) is 3.93. The number of halogens is 1. The molecule has 16 heteroatoms. The van der Waals surface area contributed by atoms with Crippen LogP contribution in [0.25, 0.3) is 5.52 Å². The Morgan fingerprint density at radius 3 is 2.23 bits per heavy atom. The molecule has 1 aliphatic heterocycles. The topological polar surface area (TPSA) is 204 Å². The van der Waals surface area contributed by atoms with Crippen LogP contribution in [-0.2, 0) is 40.0 Å². The molecule has 3 aromatic rings. The molecule has 56 heavy (non-hydrogen) atoms.